The van der Waals surface area contributed by atoms with Crippen LogP contribution in [0.5, 0.6) is 5.75 Å². The van der Waals surface area contributed by atoms with Gasteiger partial charge in [-0.1, -0.05) is 13.8 Å². The molecule has 2 N–H and O–H groups in total. The molecule has 0 radical (unpaired) electrons. The summed E-state index contributed by atoms with van der Waals surface area (Å²) in [6, 6.07) is 0.134. The Morgan fingerprint density at radius 2 is 2.10 bits per heavy atom. The van der Waals surface area contributed by atoms with Crippen LogP contribution in [0.3, 0.4) is 0 Å². The van der Waals surface area contributed by atoms with Gasteiger partial charge in [0, 0.05) is 12.5 Å². The molecule has 20 heavy (non-hydrogen) atoms. The number of hydrogen-bond donors (Lipinski definition) is 1. The van der Waals surface area contributed by atoms with Crippen LogP contribution in [0.25, 0.3) is 0 Å². The van der Waals surface area contributed by atoms with Crippen molar-refractivity contribution in [3.63, 3.8) is 0 Å². The third-order valence-corrected chi connectivity index (χ3v) is 3.59. The summed E-state index contributed by atoms with van der Waals surface area (Å²) in [5.74, 6) is 0.637. The van der Waals surface area contributed by atoms with Crippen molar-refractivity contribution < 1.29 is 9.53 Å². The number of ether oxygens (including phenoxy) is 1. The number of rotatable bonds is 8. The third kappa shape index (κ3) is 4.07. The largest absolute Gasteiger partial charge is 0.493 e. The summed E-state index contributed by atoms with van der Waals surface area (Å²) in [7, 11) is 1.57. The second-order valence-corrected chi connectivity index (χ2v) is 6.23. The summed E-state index contributed by atoms with van der Waals surface area (Å²) in [4.78, 5) is 12.5. The van der Waals surface area contributed by atoms with E-state index in [4.69, 9.17) is 10.5 Å². The molecular formula is C15H27N3O2. The Balaban J connectivity index is 2.84. The van der Waals surface area contributed by atoms with Crippen LogP contribution in [0.15, 0.2) is 6.20 Å². The van der Waals surface area contributed by atoms with Crippen LogP contribution in [0, 0.1) is 5.41 Å². The van der Waals surface area contributed by atoms with Gasteiger partial charge in [0.15, 0.2) is 11.5 Å². The molecule has 1 heterocycles. The summed E-state index contributed by atoms with van der Waals surface area (Å²) in [5.41, 5.74) is 6.26. The molecule has 0 amide bonds. The molecule has 114 valence electrons. The number of nitrogens with zero attached hydrogens (tertiary/aromatic N) is 2. The number of hydrogen-bond acceptors (Lipinski definition) is 4. The van der Waals surface area contributed by atoms with Crippen LogP contribution in [0.2, 0.25) is 0 Å². The zero-order valence-corrected chi connectivity index (χ0v) is 13.3. The second-order valence-electron chi connectivity index (χ2n) is 6.23. The Hall–Kier alpha value is -1.36. The number of Topliss-reactive ketones (excluding diaryl/α,β-unsaturated/α-hetero) is 1. The van der Waals surface area contributed by atoms with Gasteiger partial charge in [-0.3, -0.25) is 9.48 Å². The molecular weight excluding hydrogens is 254 g/mol. The van der Waals surface area contributed by atoms with Gasteiger partial charge < -0.3 is 10.5 Å². The maximum absolute atomic E-state index is 12.5. The number of nitrogens with two attached hydrogens (primary N) is 1. The standard InChI is InChI=1S/C15H27N3O2/c1-11(2)18-14(13(20-5)10-17-18)12(19)6-7-15(3,4)8-9-16/h10-11H,6-9,16H2,1-5H3. The first-order valence-corrected chi connectivity index (χ1v) is 7.17. The number of carbonyl (C=O) groups is 1. The molecule has 0 aliphatic heterocycles. The monoisotopic (exact) mass is 281 g/mol. The molecule has 5 nitrogen and oxygen atoms in total. The van der Waals surface area contributed by atoms with Crippen molar-refractivity contribution in [2.24, 2.45) is 11.1 Å². The molecule has 1 aromatic rings. The first-order chi connectivity index (χ1) is 9.32. The summed E-state index contributed by atoms with van der Waals surface area (Å²) >= 11 is 0. The van der Waals surface area contributed by atoms with Gasteiger partial charge in [-0.2, -0.15) is 5.10 Å². The van der Waals surface area contributed by atoms with E-state index in [2.05, 4.69) is 18.9 Å². The lowest BCUT2D eigenvalue weighted by Crippen LogP contribution is -2.20. The van der Waals surface area contributed by atoms with Crippen LogP contribution in [-0.4, -0.2) is 29.2 Å². The second kappa shape index (κ2) is 6.88. The lowest BCUT2D eigenvalue weighted by molar-refractivity contribution is 0.0946. The number of carbonyl (C=O) groups excluding carboxylic acids is 1. The van der Waals surface area contributed by atoms with Gasteiger partial charge in [0.05, 0.1) is 13.3 Å². The minimum absolute atomic E-state index is 0.0816. The Labute approximate surface area is 121 Å². The Morgan fingerprint density at radius 3 is 2.60 bits per heavy atom. The molecule has 0 bridgehead atoms. The van der Waals surface area contributed by atoms with Gasteiger partial charge in [0.1, 0.15) is 5.69 Å². The van der Waals surface area contributed by atoms with Crippen molar-refractivity contribution >= 4 is 5.78 Å². The summed E-state index contributed by atoms with van der Waals surface area (Å²) in [5, 5.41) is 4.24. The average Bonchev–Trinajstić information content (AvgIpc) is 2.80. The zero-order valence-electron chi connectivity index (χ0n) is 13.3. The number of methoxy groups -OCH3 is 1. The van der Waals surface area contributed by atoms with E-state index in [1.165, 1.54) is 0 Å². The minimum Gasteiger partial charge on any atom is -0.493 e. The summed E-state index contributed by atoms with van der Waals surface area (Å²) in [6.07, 6.45) is 3.83. The predicted octanol–water partition coefficient (Wildman–Crippen LogP) is 2.81. The van der Waals surface area contributed by atoms with Crippen molar-refractivity contribution in [1.29, 1.82) is 0 Å². The van der Waals surface area contributed by atoms with Crippen molar-refractivity contribution in [3.8, 4) is 5.75 Å². The topological polar surface area (TPSA) is 70.1 Å². The predicted molar refractivity (Wildman–Crippen MR) is 80.2 cm³/mol. The highest BCUT2D eigenvalue weighted by Crippen LogP contribution is 2.29. The van der Waals surface area contributed by atoms with Gasteiger partial charge in [0.2, 0.25) is 0 Å². The van der Waals surface area contributed by atoms with Gasteiger partial charge in [-0.15, -0.1) is 0 Å². The highest BCUT2D eigenvalue weighted by Gasteiger charge is 2.24. The molecule has 1 aromatic heterocycles. The number of ketones is 1. The van der Waals surface area contributed by atoms with E-state index in [-0.39, 0.29) is 17.2 Å². The fraction of sp³-hybridized carbons (Fsp3) is 0.733. The average molecular weight is 281 g/mol. The van der Waals surface area contributed by atoms with E-state index in [1.807, 2.05) is 13.8 Å². The molecule has 0 saturated heterocycles. The Morgan fingerprint density at radius 1 is 1.45 bits per heavy atom. The molecule has 0 atom stereocenters. The molecule has 0 aliphatic carbocycles. The molecule has 0 aromatic carbocycles. The van der Waals surface area contributed by atoms with Gasteiger partial charge >= 0.3 is 0 Å². The van der Waals surface area contributed by atoms with Crippen LogP contribution < -0.4 is 10.5 Å². The lowest BCUT2D eigenvalue weighted by Gasteiger charge is -2.23. The third-order valence-electron chi connectivity index (χ3n) is 3.59. The van der Waals surface area contributed by atoms with Crippen LogP contribution >= 0.6 is 0 Å². The molecule has 0 spiro atoms. The fourth-order valence-corrected chi connectivity index (χ4v) is 2.24. The smallest absolute Gasteiger partial charge is 0.184 e. The summed E-state index contributed by atoms with van der Waals surface area (Å²) in [6.45, 7) is 8.94. The summed E-state index contributed by atoms with van der Waals surface area (Å²) < 4.78 is 6.99. The highest BCUT2D eigenvalue weighted by molar-refractivity contribution is 5.97. The van der Waals surface area contributed by atoms with Gasteiger partial charge in [-0.25, -0.2) is 0 Å². The molecule has 0 unspecified atom stereocenters. The molecule has 0 aliphatic rings. The maximum Gasteiger partial charge on any atom is 0.184 e. The number of aromatic nitrogens is 2. The van der Waals surface area contributed by atoms with E-state index >= 15 is 0 Å². The van der Waals surface area contributed by atoms with Crippen molar-refractivity contribution in [2.45, 2.75) is 53.0 Å². The first-order valence-electron chi connectivity index (χ1n) is 7.17. The normalized spacial score (nSPS) is 11.9. The van der Waals surface area contributed by atoms with E-state index in [9.17, 15) is 4.79 Å². The van der Waals surface area contributed by atoms with E-state index in [0.717, 1.165) is 12.8 Å². The van der Waals surface area contributed by atoms with Crippen molar-refractivity contribution in [3.05, 3.63) is 11.9 Å². The Bertz CT molecular complexity index is 450. The van der Waals surface area contributed by atoms with E-state index in [0.29, 0.717) is 24.4 Å². The SMILES string of the molecule is COc1cnn(C(C)C)c1C(=O)CCC(C)(C)CCN. The molecule has 1 rings (SSSR count). The quantitative estimate of drug-likeness (QED) is 0.744. The van der Waals surface area contributed by atoms with E-state index < -0.39 is 0 Å². The fourth-order valence-electron chi connectivity index (χ4n) is 2.24. The molecule has 0 saturated carbocycles. The highest BCUT2D eigenvalue weighted by atomic mass is 16.5. The van der Waals surface area contributed by atoms with E-state index in [1.54, 1.807) is 18.0 Å². The lowest BCUT2D eigenvalue weighted by atomic mass is 9.83. The molecule has 0 fully saturated rings. The molecule has 5 heteroatoms. The van der Waals surface area contributed by atoms with Gasteiger partial charge in [-0.05, 0) is 38.6 Å². The van der Waals surface area contributed by atoms with Crippen LogP contribution in [0.1, 0.15) is 63.5 Å². The van der Waals surface area contributed by atoms with Crippen LogP contribution in [-0.2, 0) is 0 Å². The Kier molecular flexibility index (Phi) is 5.74. The minimum atomic E-state index is 0.0816. The van der Waals surface area contributed by atoms with Crippen molar-refractivity contribution in [1.82, 2.24) is 9.78 Å². The zero-order chi connectivity index (χ0) is 15.3. The van der Waals surface area contributed by atoms with Crippen LogP contribution in [0.4, 0.5) is 0 Å². The first kappa shape index (κ1) is 16.7. The maximum atomic E-state index is 12.5. The van der Waals surface area contributed by atoms with Crippen molar-refractivity contribution in [2.75, 3.05) is 13.7 Å². The van der Waals surface area contributed by atoms with Gasteiger partial charge in [0.25, 0.3) is 0 Å².